The van der Waals surface area contributed by atoms with Gasteiger partial charge in [-0.2, -0.15) is 0 Å². The first-order valence-corrected chi connectivity index (χ1v) is 4.30. The lowest BCUT2D eigenvalue weighted by molar-refractivity contribution is -0.128. The molecule has 0 saturated carbocycles. The van der Waals surface area contributed by atoms with E-state index in [4.69, 9.17) is 5.73 Å². The van der Waals surface area contributed by atoms with Crippen LogP contribution in [0.3, 0.4) is 0 Å². The molecule has 0 aromatic carbocycles. The summed E-state index contributed by atoms with van der Waals surface area (Å²) in [5.41, 5.74) is 5.50. The maximum atomic E-state index is 12.4. The summed E-state index contributed by atoms with van der Waals surface area (Å²) in [6, 6.07) is -0.182. The molecule has 1 rings (SSSR count). The highest BCUT2D eigenvalue weighted by atomic mass is 19.3. The minimum Gasteiger partial charge on any atom is -0.341 e. The van der Waals surface area contributed by atoms with Crippen LogP contribution in [0.1, 0.15) is 19.8 Å². The molecule has 1 aliphatic rings. The van der Waals surface area contributed by atoms with Crippen molar-refractivity contribution in [1.82, 2.24) is 4.90 Å². The van der Waals surface area contributed by atoms with Gasteiger partial charge in [0.25, 0.3) is 0 Å². The van der Waals surface area contributed by atoms with Gasteiger partial charge in [-0.25, -0.2) is 8.78 Å². The molecule has 0 aromatic rings. The number of carbonyl (C=O) groups excluding carboxylic acids is 1. The van der Waals surface area contributed by atoms with Crippen LogP contribution >= 0.6 is 0 Å². The van der Waals surface area contributed by atoms with E-state index in [0.717, 1.165) is 6.92 Å². The Labute approximate surface area is 75.9 Å². The summed E-state index contributed by atoms with van der Waals surface area (Å²) in [4.78, 5) is 12.5. The zero-order chi connectivity index (χ0) is 10.1. The van der Waals surface area contributed by atoms with Crippen molar-refractivity contribution in [2.24, 2.45) is 5.73 Å². The Morgan fingerprint density at radius 3 is 2.69 bits per heavy atom. The van der Waals surface area contributed by atoms with Crippen LogP contribution in [0.4, 0.5) is 8.78 Å². The van der Waals surface area contributed by atoms with E-state index in [0.29, 0.717) is 6.54 Å². The molecule has 1 amide bonds. The minimum absolute atomic E-state index is 0.107. The highest BCUT2D eigenvalue weighted by Gasteiger charge is 2.29. The highest BCUT2D eigenvalue weighted by Crippen LogP contribution is 2.19. The third-order valence-corrected chi connectivity index (χ3v) is 2.07. The molecular formula is C8H14F2N2O. The van der Waals surface area contributed by atoms with Gasteiger partial charge in [-0.1, -0.05) is 0 Å². The van der Waals surface area contributed by atoms with Crippen LogP contribution in [-0.2, 0) is 4.79 Å². The van der Waals surface area contributed by atoms with Gasteiger partial charge in [0.15, 0.2) is 0 Å². The lowest BCUT2D eigenvalue weighted by Gasteiger charge is -2.18. The fourth-order valence-corrected chi connectivity index (χ4v) is 1.35. The zero-order valence-corrected chi connectivity index (χ0v) is 7.59. The molecule has 0 aromatic heterocycles. The summed E-state index contributed by atoms with van der Waals surface area (Å²) in [5.74, 6) is -2.82. The van der Waals surface area contributed by atoms with Crippen molar-refractivity contribution in [2.75, 3.05) is 13.1 Å². The summed E-state index contributed by atoms with van der Waals surface area (Å²) >= 11 is 0. The predicted octanol–water partition coefficient (Wildman–Crippen LogP) is 0.591. The molecule has 1 atom stereocenters. The first-order valence-electron chi connectivity index (χ1n) is 4.30. The number of hydrogen-bond donors (Lipinski definition) is 1. The van der Waals surface area contributed by atoms with Crippen molar-refractivity contribution in [2.45, 2.75) is 31.7 Å². The first kappa shape index (κ1) is 10.4. The van der Waals surface area contributed by atoms with Crippen molar-refractivity contribution < 1.29 is 13.6 Å². The lowest BCUT2D eigenvalue weighted by Crippen LogP contribution is -2.31. The van der Waals surface area contributed by atoms with Crippen LogP contribution in [0.5, 0.6) is 0 Å². The van der Waals surface area contributed by atoms with Gasteiger partial charge < -0.3 is 10.6 Å². The molecule has 76 valence electrons. The zero-order valence-electron chi connectivity index (χ0n) is 7.59. The van der Waals surface area contributed by atoms with Crippen molar-refractivity contribution >= 4 is 5.91 Å². The summed E-state index contributed by atoms with van der Waals surface area (Å²) in [6.45, 7) is 1.37. The Bertz CT molecular complexity index is 203. The van der Waals surface area contributed by atoms with E-state index in [1.807, 2.05) is 0 Å². The summed E-state index contributed by atoms with van der Waals surface area (Å²) in [6.07, 6.45) is 0.000740. The molecule has 1 saturated heterocycles. The van der Waals surface area contributed by atoms with Crippen molar-refractivity contribution in [3.05, 3.63) is 0 Å². The number of amides is 1. The SMILES string of the molecule is CC(F)(F)CCN1CC(N)CC1=O. The van der Waals surface area contributed by atoms with E-state index in [1.54, 1.807) is 0 Å². The van der Waals surface area contributed by atoms with E-state index in [2.05, 4.69) is 0 Å². The second-order valence-electron chi connectivity index (χ2n) is 3.62. The van der Waals surface area contributed by atoms with Crippen LogP contribution in [0, 0.1) is 0 Å². The smallest absolute Gasteiger partial charge is 0.247 e. The minimum atomic E-state index is -2.70. The Morgan fingerprint density at radius 2 is 2.31 bits per heavy atom. The first-order chi connectivity index (χ1) is 5.88. The van der Waals surface area contributed by atoms with E-state index in [-0.39, 0.29) is 31.3 Å². The van der Waals surface area contributed by atoms with Crippen LogP contribution in [0.25, 0.3) is 0 Å². The second-order valence-corrected chi connectivity index (χ2v) is 3.62. The number of alkyl halides is 2. The van der Waals surface area contributed by atoms with Gasteiger partial charge in [-0.3, -0.25) is 4.79 Å². The van der Waals surface area contributed by atoms with Gasteiger partial charge in [0.1, 0.15) is 0 Å². The van der Waals surface area contributed by atoms with Gasteiger partial charge in [0.05, 0.1) is 0 Å². The standard InChI is InChI=1S/C8H14F2N2O/c1-8(9,10)2-3-12-5-6(11)4-7(12)13/h6H,2-5,11H2,1H3. The maximum absolute atomic E-state index is 12.4. The number of carbonyl (C=O) groups is 1. The molecule has 1 fully saturated rings. The molecule has 13 heavy (non-hydrogen) atoms. The molecule has 5 heteroatoms. The van der Waals surface area contributed by atoms with E-state index in [1.165, 1.54) is 4.90 Å². The lowest BCUT2D eigenvalue weighted by atomic mass is 10.2. The monoisotopic (exact) mass is 192 g/mol. The second kappa shape index (κ2) is 3.57. The molecule has 1 unspecified atom stereocenters. The largest absolute Gasteiger partial charge is 0.341 e. The van der Waals surface area contributed by atoms with Crippen molar-refractivity contribution in [3.8, 4) is 0 Å². The predicted molar refractivity (Wildman–Crippen MR) is 44.4 cm³/mol. The Hall–Kier alpha value is -0.710. The molecule has 1 heterocycles. The summed E-state index contributed by atoms with van der Waals surface area (Å²) in [5, 5.41) is 0. The molecule has 0 spiro atoms. The van der Waals surface area contributed by atoms with Gasteiger partial charge >= 0.3 is 0 Å². The molecule has 0 aliphatic carbocycles. The fourth-order valence-electron chi connectivity index (χ4n) is 1.35. The van der Waals surface area contributed by atoms with E-state index in [9.17, 15) is 13.6 Å². The molecule has 0 radical (unpaired) electrons. The number of rotatable bonds is 3. The van der Waals surface area contributed by atoms with Crippen LogP contribution in [0.15, 0.2) is 0 Å². The number of nitrogens with zero attached hydrogens (tertiary/aromatic N) is 1. The van der Waals surface area contributed by atoms with E-state index < -0.39 is 5.92 Å². The summed E-state index contributed by atoms with van der Waals surface area (Å²) in [7, 11) is 0. The molecular weight excluding hydrogens is 178 g/mol. The average molecular weight is 192 g/mol. The number of likely N-dealkylation sites (tertiary alicyclic amines) is 1. The molecule has 3 nitrogen and oxygen atoms in total. The number of hydrogen-bond acceptors (Lipinski definition) is 2. The fraction of sp³-hybridized carbons (Fsp3) is 0.875. The highest BCUT2D eigenvalue weighted by molar-refractivity contribution is 5.79. The van der Waals surface area contributed by atoms with Crippen LogP contribution in [0.2, 0.25) is 0 Å². The summed E-state index contributed by atoms with van der Waals surface area (Å²) < 4.78 is 24.9. The van der Waals surface area contributed by atoms with Crippen molar-refractivity contribution in [3.63, 3.8) is 0 Å². The number of nitrogens with two attached hydrogens (primary N) is 1. The van der Waals surface area contributed by atoms with E-state index >= 15 is 0 Å². The quantitative estimate of drug-likeness (QED) is 0.711. The molecule has 0 bridgehead atoms. The topological polar surface area (TPSA) is 46.3 Å². The van der Waals surface area contributed by atoms with Gasteiger partial charge in [-0.05, 0) is 6.92 Å². The van der Waals surface area contributed by atoms with Gasteiger partial charge in [0, 0.05) is 32.0 Å². The molecule has 1 aliphatic heterocycles. The van der Waals surface area contributed by atoms with Gasteiger partial charge in [-0.15, -0.1) is 0 Å². The molecule has 2 N–H and O–H groups in total. The third-order valence-electron chi connectivity index (χ3n) is 2.07. The Kier molecular flexibility index (Phi) is 2.85. The Morgan fingerprint density at radius 1 is 1.69 bits per heavy atom. The normalized spacial score (nSPS) is 24.2. The Balaban J connectivity index is 2.34. The van der Waals surface area contributed by atoms with Gasteiger partial charge in [0.2, 0.25) is 11.8 Å². The third kappa shape index (κ3) is 3.26. The van der Waals surface area contributed by atoms with Crippen LogP contribution in [-0.4, -0.2) is 35.9 Å². The number of halogens is 2. The van der Waals surface area contributed by atoms with Crippen molar-refractivity contribution in [1.29, 1.82) is 0 Å². The average Bonchev–Trinajstić information content (AvgIpc) is 2.24. The maximum Gasteiger partial charge on any atom is 0.247 e. The van der Waals surface area contributed by atoms with Crippen LogP contribution < -0.4 is 5.73 Å².